The van der Waals surface area contributed by atoms with Gasteiger partial charge in [0.05, 0.1) is 0 Å². The molecular formula is C13H22ClN. The van der Waals surface area contributed by atoms with Crippen molar-refractivity contribution in [1.82, 2.24) is 0 Å². The van der Waals surface area contributed by atoms with Crippen LogP contribution in [-0.2, 0) is 5.54 Å². The van der Waals surface area contributed by atoms with Crippen molar-refractivity contribution >= 4 is 12.4 Å². The van der Waals surface area contributed by atoms with Gasteiger partial charge in [0.15, 0.2) is 0 Å². The molecule has 0 atom stereocenters. The van der Waals surface area contributed by atoms with Crippen molar-refractivity contribution in [3.05, 3.63) is 35.9 Å². The minimum atomic E-state index is -0.207. The number of hydrogen-bond donors (Lipinski definition) is 1. The first-order chi connectivity index (χ1) is 6.49. The van der Waals surface area contributed by atoms with E-state index in [1.165, 1.54) is 5.56 Å². The van der Waals surface area contributed by atoms with Crippen molar-refractivity contribution < 1.29 is 0 Å². The Bertz CT molecular complexity index is 272. The third-order valence-corrected chi connectivity index (χ3v) is 3.18. The Morgan fingerprint density at radius 1 is 0.933 bits per heavy atom. The maximum Gasteiger partial charge on any atom is 0.0456 e. The summed E-state index contributed by atoms with van der Waals surface area (Å²) in [4.78, 5) is 0. The Balaban J connectivity index is 0.00000196. The Morgan fingerprint density at radius 2 is 1.33 bits per heavy atom. The van der Waals surface area contributed by atoms with Gasteiger partial charge in [-0.2, -0.15) is 0 Å². The number of benzene rings is 1. The van der Waals surface area contributed by atoms with Crippen LogP contribution < -0.4 is 5.73 Å². The third kappa shape index (κ3) is 2.73. The third-order valence-electron chi connectivity index (χ3n) is 3.18. The van der Waals surface area contributed by atoms with Gasteiger partial charge in [-0.3, -0.25) is 0 Å². The second kappa shape index (κ2) is 5.53. The maximum absolute atomic E-state index is 6.50. The molecule has 1 nitrogen and oxygen atoms in total. The lowest BCUT2D eigenvalue weighted by Gasteiger charge is -2.38. The average molecular weight is 228 g/mol. The smallest absolute Gasteiger partial charge is 0.0456 e. The molecule has 1 aromatic carbocycles. The van der Waals surface area contributed by atoms with E-state index in [2.05, 4.69) is 52.0 Å². The molecule has 0 unspecified atom stereocenters. The fraction of sp³-hybridized carbons (Fsp3) is 0.538. The van der Waals surface area contributed by atoms with E-state index in [1.807, 2.05) is 6.07 Å². The summed E-state index contributed by atoms with van der Waals surface area (Å²) >= 11 is 0. The van der Waals surface area contributed by atoms with Gasteiger partial charge in [0.2, 0.25) is 0 Å². The van der Waals surface area contributed by atoms with Crippen LogP contribution in [0.2, 0.25) is 0 Å². The molecule has 0 saturated carbocycles. The molecule has 0 aliphatic heterocycles. The molecule has 0 heterocycles. The van der Waals surface area contributed by atoms with Crippen molar-refractivity contribution in [1.29, 1.82) is 0 Å². The lowest BCUT2D eigenvalue weighted by Crippen LogP contribution is -2.46. The molecule has 86 valence electrons. The van der Waals surface area contributed by atoms with Crippen LogP contribution in [0.1, 0.15) is 33.3 Å². The fourth-order valence-electron chi connectivity index (χ4n) is 2.06. The molecule has 2 heteroatoms. The molecule has 0 amide bonds. The molecule has 1 rings (SSSR count). The van der Waals surface area contributed by atoms with E-state index in [-0.39, 0.29) is 17.9 Å². The van der Waals surface area contributed by atoms with Gasteiger partial charge in [0.1, 0.15) is 0 Å². The first kappa shape index (κ1) is 14.5. The predicted molar refractivity (Wildman–Crippen MR) is 69.2 cm³/mol. The highest BCUT2D eigenvalue weighted by atomic mass is 35.5. The van der Waals surface area contributed by atoms with Crippen molar-refractivity contribution in [2.45, 2.75) is 33.2 Å². The van der Waals surface area contributed by atoms with Gasteiger partial charge in [0.25, 0.3) is 0 Å². The van der Waals surface area contributed by atoms with Crippen LogP contribution in [0.5, 0.6) is 0 Å². The summed E-state index contributed by atoms with van der Waals surface area (Å²) in [7, 11) is 0. The summed E-state index contributed by atoms with van der Waals surface area (Å²) in [6.07, 6.45) is 0. The Kier molecular flexibility index (Phi) is 5.33. The molecule has 0 saturated heterocycles. The summed E-state index contributed by atoms with van der Waals surface area (Å²) in [6, 6.07) is 10.4. The van der Waals surface area contributed by atoms with E-state index in [0.717, 1.165) is 0 Å². The zero-order valence-corrected chi connectivity index (χ0v) is 10.8. The van der Waals surface area contributed by atoms with Gasteiger partial charge in [0, 0.05) is 5.54 Å². The van der Waals surface area contributed by atoms with Gasteiger partial charge in [-0.15, -0.1) is 12.4 Å². The predicted octanol–water partition coefficient (Wildman–Crippen LogP) is 3.57. The lowest BCUT2D eigenvalue weighted by molar-refractivity contribution is 0.227. The fourth-order valence-corrected chi connectivity index (χ4v) is 2.06. The molecule has 0 bridgehead atoms. The number of nitrogens with two attached hydrogens (primary N) is 1. The SMILES string of the molecule is CC(C)C(N)(c1ccccc1)C(C)C.Cl. The maximum atomic E-state index is 6.50. The largest absolute Gasteiger partial charge is 0.321 e. The standard InChI is InChI=1S/C13H21N.ClH/c1-10(2)13(14,11(3)4)12-8-6-5-7-9-12;/h5-11H,14H2,1-4H3;1H. The summed E-state index contributed by atoms with van der Waals surface area (Å²) in [5, 5.41) is 0. The average Bonchev–Trinajstić information content (AvgIpc) is 2.17. The van der Waals surface area contributed by atoms with Crippen LogP contribution in [0.25, 0.3) is 0 Å². The summed E-state index contributed by atoms with van der Waals surface area (Å²) < 4.78 is 0. The summed E-state index contributed by atoms with van der Waals surface area (Å²) in [5.74, 6) is 0.898. The van der Waals surface area contributed by atoms with Crippen molar-refractivity contribution in [3.8, 4) is 0 Å². The van der Waals surface area contributed by atoms with Gasteiger partial charge in [-0.25, -0.2) is 0 Å². The lowest BCUT2D eigenvalue weighted by atomic mass is 9.73. The molecule has 0 spiro atoms. The van der Waals surface area contributed by atoms with Gasteiger partial charge in [-0.1, -0.05) is 58.0 Å². The molecule has 0 radical (unpaired) electrons. The molecule has 0 aliphatic carbocycles. The van der Waals surface area contributed by atoms with E-state index < -0.39 is 0 Å². The van der Waals surface area contributed by atoms with Crippen LogP contribution in [0.3, 0.4) is 0 Å². The molecule has 15 heavy (non-hydrogen) atoms. The Morgan fingerprint density at radius 3 is 1.67 bits per heavy atom. The number of rotatable bonds is 3. The van der Waals surface area contributed by atoms with Crippen LogP contribution in [0, 0.1) is 11.8 Å². The van der Waals surface area contributed by atoms with E-state index in [0.29, 0.717) is 11.8 Å². The zero-order chi connectivity index (χ0) is 10.8. The van der Waals surface area contributed by atoms with E-state index in [4.69, 9.17) is 5.73 Å². The molecule has 0 aliphatic rings. The van der Waals surface area contributed by atoms with E-state index >= 15 is 0 Å². The minimum absolute atomic E-state index is 0. The van der Waals surface area contributed by atoms with Crippen LogP contribution in [0.15, 0.2) is 30.3 Å². The van der Waals surface area contributed by atoms with E-state index in [1.54, 1.807) is 0 Å². The van der Waals surface area contributed by atoms with Crippen molar-refractivity contribution in [3.63, 3.8) is 0 Å². The molecule has 0 fully saturated rings. The number of hydrogen-bond acceptors (Lipinski definition) is 1. The summed E-state index contributed by atoms with van der Waals surface area (Å²) in [5.41, 5.74) is 7.54. The molecule has 1 aromatic rings. The number of halogens is 1. The van der Waals surface area contributed by atoms with Gasteiger partial charge < -0.3 is 5.73 Å². The zero-order valence-electron chi connectivity index (χ0n) is 10.0. The summed E-state index contributed by atoms with van der Waals surface area (Å²) in [6.45, 7) is 8.75. The second-order valence-corrected chi connectivity index (χ2v) is 4.61. The van der Waals surface area contributed by atoms with Crippen LogP contribution in [0.4, 0.5) is 0 Å². The topological polar surface area (TPSA) is 26.0 Å². The highest BCUT2D eigenvalue weighted by Gasteiger charge is 2.34. The van der Waals surface area contributed by atoms with Gasteiger partial charge >= 0.3 is 0 Å². The molecule has 2 N–H and O–H groups in total. The molecule has 0 aromatic heterocycles. The first-order valence-corrected chi connectivity index (χ1v) is 5.34. The Labute approximate surface area is 99.5 Å². The Hall–Kier alpha value is -0.530. The minimum Gasteiger partial charge on any atom is -0.321 e. The first-order valence-electron chi connectivity index (χ1n) is 5.34. The highest BCUT2D eigenvalue weighted by molar-refractivity contribution is 5.85. The molecular weight excluding hydrogens is 206 g/mol. The second-order valence-electron chi connectivity index (χ2n) is 4.61. The van der Waals surface area contributed by atoms with Crippen molar-refractivity contribution in [2.24, 2.45) is 17.6 Å². The quantitative estimate of drug-likeness (QED) is 0.840. The normalized spacial score (nSPS) is 11.7. The van der Waals surface area contributed by atoms with Crippen LogP contribution >= 0.6 is 12.4 Å². The van der Waals surface area contributed by atoms with Crippen LogP contribution in [-0.4, -0.2) is 0 Å². The monoisotopic (exact) mass is 227 g/mol. The highest BCUT2D eigenvalue weighted by Crippen LogP contribution is 2.33. The van der Waals surface area contributed by atoms with Gasteiger partial charge in [-0.05, 0) is 17.4 Å². The van der Waals surface area contributed by atoms with E-state index in [9.17, 15) is 0 Å². The van der Waals surface area contributed by atoms with Crippen molar-refractivity contribution in [2.75, 3.05) is 0 Å².